The molecule has 5 atom stereocenters. The molecule has 3 rings (SSSR count). The van der Waals surface area contributed by atoms with Crippen LogP contribution in [0.2, 0.25) is 0 Å². The average Bonchev–Trinajstić information content (AvgIpc) is 3.10. The summed E-state index contributed by atoms with van der Waals surface area (Å²) in [5.41, 5.74) is 1.25. The second kappa shape index (κ2) is 6.09. The molecule has 116 valence electrons. The van der Waals surface area contributed by atoms with Gasteiger partial charge in [-0.15, -0.1) is 0 Å². The highest BCUT2D eigenvalue weighted by Gasteiger charge is 2.45. The summed E-state index contributed by atoms with van der Waals surface area (Å²) in [6.45, 7) is 6.75. The van der Waals surface area contributed by atoms with Crippen LogP contribution in [0.3, 0.4) is 0 Å². The Morgan fingerprint density at radius 1 is 1.38 bits per heavy atom. The maximum Gasteiger partial charge on any atom is 0.241 e. The Balaban J connectivity index is 1.90. The van der Waals surface area contributed by atoms with Crippen molar-refractivity contribution in [2.75, 3.05) is 0 Å². The van der Waals surface area contributed by atoms with E-state index in [2.05, 4.69) is 47.8 Å². The van der Waals surface area contributed by atoms with Crippen molar-refractivity contribution < 1.29 is 4.79 Å². The molecule has 3 nitrogen and oxygen atoms in total. The Kier molecular flexibility index (Phi) is 4.36. The van der Waals surface area contributed by atoms with Gasteiger partial charge in [0, 0.05) is 6.04 Å². The molecule has 1 aliphatic carbocycles. The predicted molar refractivity (Wildman–Crippen MR) is 87.1 cm³/mol. The van der Waals surface area contributed by atoms with Crippen LogP contribution in [0.1, 0.15) is 58.2 Å². The first-order chi connectivity index (χ1) is 10.1. The standard InChI is InChI=1S/C17H26N2OS/c1-4-14-17(20)19(15-7-5-6-11(2)12(15)3)16(18-14)13-8-9-21-10-13/h8-12,14-16,18H,4-7H2,1-3H3. The molecule has 0 aromatic carbocycles. The maximum atomic E-state index is 12.9. The SMILES string of the molecule is CCC1NC(c2ccsc2)N(C2CCCC(C)C2C)C1=O. The Labute approximate surface area is 131 Å². The lowest BCUT2D eigenvalue weighted by Crippen LogP contribution is -2.47. The van der Waals surface area contributed by atoms with E-state index in [0.717, 1.165) is 12.8 Å². The summed E-state index contributed by atoms with van der Waals surface area (Å²) in [6.07, 6.45) is 4.63. The maximum absolute atomic E-state index is 12.9. The van der Waals surface area contributed by atoms with Crippen LogP contribution in [0, 0.1) is 11.8 Å². The average molecular weight is 306 g/mol. The smallest absolute Gasteiger partial charge is 0.241 e. The molecule has 0 radical (unpaired) electrons. The lowest BCUT2D eigenvalue weighted by molar-refractivity contribution is -0.134. The summed E-state index contributed by atoms with van der Waals surface area (Å²) in [5.74, 6) is 1.60. The predicted octanol–water partition coefficient (Wildman–Crippen LogP) is 3.78. The number of carbonyl (C=O) groups is 1. The molecule has 1 amide bonds. The zero-order valence-electron chi connectivity index (χ0n) is 13.2. The van der Waals surface area contributed by atoms with Crippen LogP contribution in [-0.2, 0) is 4.79 Å². The van der Waals surface area contributed by atoms with Gasteiger partial charge < -0.3 is 4.90 Å². The van der Waals surface area contributed by atoms with Gasteiger partial charge in [-0.3, -0.25) is 10.1 Å². The number of rotatable bonds is 3. The molecular weight excluding hydrogens is 280 g/mol. The minimum atomic E-state index is -0.0145. The summed E-state index contributed by atoms with van der Waals surface area (Å²) in [6, 6.07) is 2.52. The third-order valence-corrected chi connectivity index (χ3v) is 6.18. The number of hydrogen-bond donors (Lipinski definition) is 1. The fraction of sp³-hybridized carbons (Fsp3) is 0.706. The first-order valence-electron chi connectivity index (χ1n) is 8.23. The molecule has 1 N–H and O–H groups in total. The Bertz CT molecular complexity index is 487. The summed E-state index contributed by atoms with van der Waals surface area (Å²) in [4.78, 5) is 15.0. The van der Waals surface area contributed by atoms with Crippen LogP contribution in [0.25, 0.3) is 0 Å². The first kappa shape index (κ1) is 15.0. The van der Waals surface area contributed by atoms with Crippen molar-refractivity contribution in [2.45, 2.75) is 64.7 Å². The van der Waals surface area contributed by atoms with Gasteiger partial charge in [0.25, 0.3) is 0 Å². The van der Waals surface area contributed by atoms with E-state index in [1.807, 2.05) is 0 Å². The van der Waals surface area contributed by atoms with E-state index in [4.69, 9.17) is 0 Å². The van der Waals surface area contributed by atoms with Crippen molar-refractivity contribution in [3.8, 4) is 0 Å². The zero-order chi connectivity index (χ0) is 15.0. The first-order valence-corrected chi connectivity index (χ1v) is 9.18. The monoisotopic (exact) mass is 306 g/mol. The van der Waals surface area contributed by atoms with E-state index in [1.165, 1.54) is 18.4 Å². The molecule has 2 heterocycles. The summed E-state index contributed by atoms with van der Waals surface area (Å²) < 4.78 is 0. The summed E-state index contributed by atoms with van der Waals surface area (Å²) >= 11 is 1.71. The highest BCUT2D eigenvalue weighted by molar-refractivity contribution is 7.07. The third-order valence-electron chi connectivity index (χ3n) is 5.48. The van der Waals surface area contributed by atoms with Crippen LogP contribution < -0.4 is 5.32 Å². The normalized spacial score (nSPS) is 37.2. The molecule has 1 aromatic rings. The van der Waals surface area contributed by atoms with Gasteiger partial charge >= 0.3 is 0 Å². The molecule has 1 aromatic heterocycles. The minimum absolute atomic E-state index is 0.0145. The van der Waals surface area contributed by atoms with Gasteiger partial charge in [0.05, 0.1) is 6.04 Å². The van der Waals surface area contributed by atoms with E-state index in [1.54, 1.807) is 11.3 Å². The molecule has 21 heavy (non-hydrogen) atoms. The van der Waals surface area contributed by atoms with Crippen molar-refractivity contribution in [3.63, 3.8) is 0 Å². The van der Waals surface area contributed by atoms with E-state index >= 15 is 0 Å². The van der Waals surface area contributed by atoms with E-state index < -0.39 is 0 Å². The second-order valence-electron chi connectivity index (χ2n) is 6.67. The van der Waals surface area contributed by atoms with Crippen molar-refractivity contribution in [3.05, 3.63) is 22.4 Å². The van der Waals surface area contributed by atoms with E-state index in [9.17, 15) is 4.79 Å². The number of carbonyl (C=O) groups excluding carboxylic acids is 1. The number of thiophene rings is 1. The molecule has 1 saturated heterocycles. The zero-order valence-corrected chi connectivity index (χ0v) is 14.0. The van der Waals surface area contributed by atoms with Gasteiger partial charge in [-0.05, 0) is 47.1 Å². The molecule has 5 unspecified atom stereocenters. The fourth-order valence-corrected chi connectivity index (χ4v) is 4.61. The van der Waals surface area contributed by atoms with Gasteiger partial charge in [-0.1, -0.05) is 33.6 Å². The summed E-state index contributed by atoms with van der Waals surface area (Å²) in [5, 5.41) is 7.84. The lowest BCUT2D eigenvalue weighted by Gasteiger charge is -2.42. The number of hydrogen-bond acceptors (Lipinski definition) is 3. The largest absolute Gasteiger partial charge is 0.318 e. The minimum Gasteiger partial charge on any atom is -0.318 e. The van der Waals surface area contributed by atoms with E-state index in [-0.39, 0.29) is 12.2 Å². The third kappa shape index (κ3) is 2.64. The topological polar surface area (TPSA) is 32.3 Å². The number of nitrogens with zero attached hydrogens (tertiary/aromatic N) is 1. The van der Waals surface area contributed by atoms with Gasteiger partial charge in [-0.25, -0.2) is 0 Å². The lowest BCUT2D eigenvalue weighted by atomic mass is 9.77. The second-order valence-corrected chi connectivity index (χ2v) is 7.45. The van der Waals surface area contributed by atoms with Crippen LogP contribution in [0.5, 0.6) is 0 Å². The number of amides is 1. The Morgan fingerprint density at radius 2 is 2.19 bits per heavy atom. The van der Waals surface area contributed by atoms with Gasteiger partial charge in [0.1, 0.15) is 6.17 Å². The molecule has 1 saturated carbocycles. The fourth-order valence-electron chi connectivity index (χ4n) is 3.93. The quantitative estimate of drug-likeness (QED) is 0.921. The van der Waals surface area contributed by atoms with E-state index in [0.29, 0.717) is 23.8 Å². The Morgan fingerprint density at radius 3 is 2.86 bits per heavy atom. The molecule has 1 aliphatic heterocycles. The van der Waals surface area contributed by atoms with Crippen molar-refractivity contribution in [1.29, 1.82) is 0 Å². The van der Waals surface area contributed by atoms with Gasteiger partial charge in [-0.2, -0.15) is 11.3 Å². The summed E-state index contributed by atoms with van der Waals surface area (Å²) in [7, 11) is 0. The molecular formula is C17H26N2OS. The molecule has 0 spiro atoms. The van der Waals surface area contributed by atoms with Crippen molar-refractivity contribution in [2.24, 2.45) is 11.8 Å². The number of nitrogens with one attached hydrogen (secondary N) is 1. The molecule has 4 heteroatoms. The van der Waals surface area contributed by atoms with Crippen molar-refractivity contribution >= 4 is 17.2 Å². The highest BCUT2D eigenvalue weighted by Crippen LogP contribution is 2.39. The van der Waals surface area contributed by atoms with Crippen LogP contribution >= 0.6 is 11.3 Å². The molecule has 0 bridgehead atoms. The molecule has 2 aliphatic rings. The van der Waals surface area contributed by atoms with Gasteiger partial charge in [0.15, 0.2) is 0 Å². The van der Waals surface area contributed by atoms with Crippen LogP contribution in [0.4, 0.5) is 0 Å². The van der Waals surface area contributed by atoms with Crippen LogP contribution in [0.15, 0.2) is 16.8 Å². The molecule has 2 fully saturated rings. The van der Waals surface area contributed by atoms with Crippen molar-refractivity contribution in [1.82, 2.24) is 10.2 Å². The Hall–Kier alpha value is -0.870. The van der Waals surface area contributed by atoms with Crippen LogP contribution in [-0.4, -0.2) is 22.9 Å². The highest BCUT2D eigenvalue weighted by atomic mass is 32.1. The van der Waals surface area contributed by atoms with Gasteiger partial charge in [0.2, 0.25) is 5.91 Å².